The molecule has 4 rings (SSSR count). The molecule has 0 bridgehead atoms. The summed E-state index contributed by atoms with van der Waals surface area (Å²) in [6.07, 6.45) is 2.54. The summed E-state index contributed by atoms with van der Waals surface area (Å²) >= 11 is 0. The van der Waals surface area contributed by atoms with E-state index < -0.39 is 20.6 Å². The molecule has 0 amide bonds. The van der Waals surface area contributed by atoms with Gasteiger partial charge in [0.25, 0.3) is 0 Å². The van der Waals surface area contributed by atoms with Crippen molar-refractivity contribution in [2.24, 2.45) is 22.9 Å². The summed E-state index contributed by atoms with van der Waals surface area (Å²) in [4.78, 5) is 0. The number of hydrogen-bond acceptors (Lipinski definition) is 10. The molecule has 4 heterocycles. The monoisotopic (exact) mass is 396 g/mol. The number of rotatable bonds is 1. The summed E-state index contributed by atoms with van der Waals surface area (Å²) in [5.74, 6) is 0.501. The van der Waals surface area contributed by atoms with Crippen LogP contribution in [0.15, 0.2) is 46.8 Å². The first-order valence-electron chi connectivity index (χ1n) is 8.59. The Morgan fingerprint density at radius 2 is 1.04 bits per heavy atom. The quantitative estimate of drug-likeness (QED) is 0.227. The van der Waals surface area contributed by atoms with E-state index in [1.165, 1.54) is 26.5 Å². The molecule has 0 aromatic carbocycles. The van der Waals surface area contributed by atoms with Gasteiger partial charge in [0, 0.05) is 0 Å². The molecule has 0 saturated carbocycles. The third-order valence-corrected chi connectivity index (χ3v) is 4.68. The van der Waals surface area contributed by atoms with Gasteiger partial charge in [0.05, 0.1) is 14.1 Å². The van der Waals surface area contributed by atoms with Crippen LogP contribution in [0.3, 0.4) is 0 Å². The number of likely N-dealkylation sites (N-methyl/N-ethyl adjacent to an activating group) is 2. The fourth-order valence-electron chi connectivity index (χ4n) is 3.37. The summed E-state index contributed by atoms with van der Waals surface area (Å²) in [7, 11) is 2.68. The van der Waals surface area contributed by atoms with Crippen LogP contribution in [0.5, 0.6) is 0 Å². The fraction of sp³-hybridized carbons (Fsp3) is 0.500. The number of quaternary nitrogens is 2. The largest absolute Gasteiger partial charge is 0.622 e. The Hall–Kier alpha value is -2.16. The Labute approximate surface area is 161 Å². The van der Waals surface area contributed by atoms with E-state index in [-0.39, 0.29) is 60.9 Å². The normalized spacial score (nSPS) is 36.0. The van der Waals surface area contributed by atoms with Crippen LogP contribution in [0.25, 0.3) is 0 Å². The van der Waals surface area contributed by atoms with Gasteiger partial charge < -0.3 is 52.3 Å². The number of fused-ring (bicyclic) bond motifs is 2. The molecule has 0 aromatic rings. The van der Waals surface area contributed by atoms with E-state index in [4.69, 9.17) is 41.9 Å². The van der Waals surface area contributed by atoms with Crippen molar-refractivity contribution in [1.29, 1.82) is 0 Å². The summed E-state index contributed by atoms with van der Waals surface area (Å²) in [6.45, 7) is -0.338. The van der Waals surface area contributed by atoms with Crippen LogP contribution in [0.2, 0.25) is 0 Å². The van der Waals surface area contributed by atoms with Gasteiger partial charge in [-0.3, -0.25) is 9.29 Å². The number of ether oxygens (including phenoxy) is 4. The Morgan fingerprint density at radius 1 is 0.714 bits per heavy atom. The first-order valence-corrected chi connectivity index (χ1v) is 8.59. The molecule has 2 unspecified atom stereocenters. The van der Waals surface area contributed by atoms with E-state index in [1.54, 1.807) is 0 Å². The molecule has 0 spiro atoms. The molecule has 2 fully saturated rings. The maximum absolute atomic E-state index is 13.3. The molecule has 8 N–H and O–H groups in total. The lowest BCUT2D eigenvalue weighted by atomic mass is 10.2. The summed E-state index contributed by atoms with van der Waals surface area (Å²) in [5.41, 5.74) is 21.1. The number of hydrogen-bond donors (Lipinski definition) is 4. The molecule has 0 aromatic heterocycles. The second-order valence-corrected chi connectivity index (χ2v) is 7.94. The molecule has 0 radical (unpaired) electrons. The van der Waals surface area contributed by atoms with Crippen molar-refractivity contribution >= 4 is 0 Å². The van der Waals surface area contributed by atoms with E-state index in [0.717, 1.165) is 0 Å². The Balaban J connectivity index is 1.86. The average Bonchev–Trinajstić information content (AvgIpc) is 2.81. The van der Waals surface area contributed by atoms with E-state index in [2.05, 4.69) is 0 Å². The van der Waals surface area contributed by atoms with Gasteiger partial charge in [-0.15, -0.1) is 0 Å². The molecule has 2 saturated heterocycles. The summed E-state index contributed by atoms with van der Waals surface area (Å²) < 4.78 is 20.5. The minimum Gasteiger partial charge on any atom is -0.622 e. The maximum Gasteiger partial charge on any atom is 0.250 e. The van der Waals surface area contributed by atoms with Crippen LogP contribution < -0.4 is 22.9 Å². The average molecular weight is 396 g/mol. The maximum atomic E-state index is 13.3. The van der Waals surface area contributed by atoms with Crippen molar-refractivity contribution in [2.75, 3.05) is 40.5 Å². The summed E-state index contributed by atoms with van der Waals surface area (Å²) in [5, 5.41) is 26.5. The third-order valence-electron chi connectivity index (χ3n) is 4.68. The Morgan fingerprint density at radius 3 is 1.39 bits per heavy atom. The van der Waals surface area contributed by atoms with Crippen molar-refractivity contribution in [2.45, 2.75) is 11.3 Å². The predicted octanol–water partition coefficient (Wildman–Crippen LogP) is -1.67. The zero-order chi connectivity index (χ0) is 20.5. The second-order valence-electron chi connectivity index (χ2n) is 7.94. The topological polar surface area (TPSA) is 187 Å². The molecule has 154 valence electrons. The van der Waals surface area contributed by atoms with Gasteiger partial charge in [-0.1, -0.05) is 0 Å². The molecule has 12 heteroatoms. The minimum absolute atomic E-state index is 0.0107. The van der Waals surface area contributed by atoms with Gasteiger partial charge in [0.15, 0.2) is 0 Å². The lowest BCUT2D eigenvalue weighted by Crippen LogP contribution is -2.56. The molecular weight excluding hydrogens is 372 g/mol. The molecule has 4 aliphatic rings. The molecule has 12 nitrogen and oxygen atoms in total. The molecule has 28 heavy (non-hydrogen) atoms. The van der Waals surface area contributed by atoms with E-state index >= 15 is 0 Å². The SMILES string of the molecule is C[N+]1([O-])C=C2OCC(N)(N)COC2=C1C1=C2OCC(N)(N)COC2=C[N+]1(C)[O-]. The van der Waals surface area contributed by atoms with Gasteiger partial charge in [-0.2, -0.15) is 0 Å². The molecule has 2 atom stereocenters. The highest BCUT2D eigenvalue weighted by molar-refractivity contribution is 5.45. The first-order chi connectivity index (χ1) is 12.8. The van der Waals surface area contributed by atoms with Crippen LogP contribution in [0.1, 0.15) is 0 Å². The lowest BCUT2D eigenvalue weighted by molar-refractivity contribution is -0.808. The van der Waals surface area contributed by atoms with E-state index in [1.807, 2.05) is 0 Å². The van der Waals surface area contributed by atoms with Crippen LogP contribution in [-0.2, 0) is 18.9 Å². The lowest BCUT2D eigenvalue weighted by Gasteiger charge is -2.39. The summed E-state index contributed by atoms with van der Waals surface area (Å²) in [6, 6.07) is 0. The first kappa shape index (κ1) is 19.2. The van der Waals surface area contributed by atoms with Gasteiger partial charge in [-0.05, 0) is 0 Å². The van der Waals surface area contributed by atoms with E-state index in [9.17, 15) is 10.4 Å². The minimum atomic E-state index is -1.25. The van der Waals surface area contributed by atoms with Gasteiger partial charge in [-0.25, -0.2) is 0 Å². The van der Waals surface area contributed by atoms with Gasteiger partial charge >= 0.3 is 0 Å². The van der Waals surface area contributed by atoms with Gasteiger partial charge in [0.1, 0.15) is 50.2 Å². The number of hydroxylamine groups is 6. The van der Waals surface area contributed by atoms with Crippen molar-refractivity contribution < 1.29 is 28.2 Å². The van der Waals surface area contributed by atoms with Crippen molar-refractivity contribution in [3.63, 3.8) is 0 Å². The second kappa shape index (κ2) is 5.68. The zero-order valence-electron chi connectivity index (χ0n) is 15.6. The standard InChI is InChI=1S/C16H24N6O6/c1-21(23)3-9-13(27-7-15(17,18)5-25-9)11(21)12-14-10(4-22(12,2)24)26-6-16(19,20)8-28-14/h3-4H,5-8,17-20H2,1-2H3. The Kier molecular flexibility index (Phi) is 3.89. The fourth-order valence-corrected chi connectivity index (χ4v) is 3.37. The number of nitrogens with zero attached hydrogens (tertiary/aromatic N) is 2. The number of nitrogens with two attached hydrogens (primary N) is 4. The zero-order valence-corrected chi connectivity index (χ0v) is 15.6. The van der Waals surface area contributed by atoms with Crippen LogP contribution in [0, 0.1) is 10.4 Å². The van der Waals surface area contributed by atoms with Crippen LogP contribution in [0.4, 0.5) is 0 Å². The highest BCUT2D eigenvalue weighted by Gasteiger charge is 2.51. The van der Waals surface area contributed by atoms with Crippen molar-refractivity contribution in [3.8, 4) is 0 Å². The van der Waals surface area contributed by atoms with Crippen LogP contribution in [-0.4, -0.2) is 61.1 Å². The predicted molar refractivity (Wildman–Crippen MR) is 95.3 cm³/mol. The third kappa shape index (κ3) is 3.05. The smallest absolute Gasteiger partial charge is 0.250 e. The Bertz CT molecular complexity index is 784. The van der Waals surface area contributed by atoms with Crippen LogP contribution >= 0.6 is 0 Å². The van der Waals surface area contributed by atoms with Crippen molar-refractivity contribution in [1.82, 2.24) is 0 Å². The highest BCUT2D eigenvalue weighted by Crippen LogP contribution is 2.47. The van der Waals surface area contributed by atoms with Crippen molar-refractivity contribution in [3.05, 3.63) is 57.2 Å². The molecule has 0 aliphatic carbocycles. The van der Waals surface area contributed by atoms with E-state index in [0.29, 0.717) is 0 Å². The van der Waals surface area contributed by atoms with Gasteiger partial charge in [0.2, 0.25) is 34.4 Å². The highest BCUT2D eigenvalue weighted by atomic mass is 16.6. The molecular formula is C16H24N6O6. The molecule has 4 aliphatic heterocycles.